The fraction of sp³-hybridized carbons (Fsp3) is 0.324. The van der Waals surface area contributed by atoms with Crippen molar-refractivity contribution in [3.8, 4) is 28.1 Å². The molecule has 2 saturated heterocycles. The number of pyridine rings is 1. The van der Waals surface area contributed by atoms with E-state index in [1.165, 1.54) is 12.0 Å². The number of ether oxygens (including phenoxy) is 4. The van der Waals surface area contributed by atoms with Crippen molar-refractivity contribution in [2.45, 2.75) is 45.6 Å². The number of amides is 1. The molecule has 15 heteroatoms. The molecular formula is C37H36F3N7O5. The van der Waals surface area contributed by atoms with Crippen molar-refractivity contribution < 1.29 is 36.9 Å². The van der Waals surface area contributed by atoms with Crippen LogP contribution in [0.5, 0.6) is 5.88 Å². The summed E-state index contributed by atoms with van der Waals surface area (Å²) in [5.74, 6) is 1.53. The Morgan fingerprint density at radius 3 is 2.48 bits per heavy atom. The molecule has 1 amide bonds. The number of benzene rings is 2. The Labute approximate surface area is 297 Å². The molecule has 4 aromatic rings. The SMILES string of the molecule is C=C1NN=C(c2ccc(-c3cnc(OC)c(-c4cnc(N5CCOCC5)nc4CN4C(=O)O[C@H](c5cc(C)cc(C(F)(F)F)c5)[C@@H]4C)c3)c(C)c2)O1. The second kappa shape index (κ2) is 13.8. The van der Waals surface area contributed by atoms with E-state index in [1.807, 2.05) is 36.1 Å². The molecule has 12 nitrogen and oxygen atoms in total. The van der Waals surface area contributed by atoms with Gasteiger partial charge in [-0.25, -0.2) is 25.2 Å². The summed E-state index contributed by atoms with van der Waals surface area (Å²) >= 11 is 0. The number of morpholine rings is 1. The first-order chi connectivity index (χ1) is 24.9. The number of methoxy groups -OCH3 is 1. The highest BCUT2D eigenvalue weighted by molar-refractivity contribution is 5.96. The number of aromatic nitrogens is 3. The third kappa shape index (κ3) is 6.83. The van der Waals surface area contributed by atoms with Gasteiger partial charge in [0, 0.05) is 47.7 Å². The number of rotatable bonds is 8. The normalized spacial score (nSPS) is 18.9. The minimum absolute atomic E-state index is 0.0216. The van der Waals surface area contributed by atoms with E-state index in [9.17, 15) is 18.0 Å². The van der Waals surface area contributed by atoms with Crippen LogP contribution in [0, 0.1) is 13.8 Å². The molecule has 270 valence electrons. The maximum atomic E-state index is 13.7. The molecule has 2 fully saturated rings. The number of halogens is 3. The first kappa shape index (κ1) is 34.7. The van der Waals surface area contributed by atoms with E-state index in [2.05, 4.69) is 22.1 Å². The summed E-state index contributed by atoms with van der Waals surface area (Å²) in [7, 11) is 1.51. The van der Waals surface area contributed by atoms with Crippen molar-refractivity contribution in [1.29, 1.82) is 0 Å². The summed E-state index contributed by atoms with van der Waals surface area (Å²) < 4.78 is 63.7. The Kier molecular flexibility index (Phi) is 9.21. The summed E-state index contributed by atoms with van der Waals surface area (Å²) in [5, 5.41) is 4.16. The smallest absolute Gasteiger partial charge is 0.416 e. The van der Waals surface area contributed by atoms with Crippen molar-refractivity contribution in [3.63, 3.8) is 0 Å². The zero-order valence-electron chi connectivity index (χ0n) is 29.0. The molecule has 2 aromatic carbocycles. The number of anilines is 1. The summed E-state index contributed by atoms with van der Waals surface area (Å²) in [6.45, 7) is 11.2. The molecule has 52 heavy (non-hydrogen) atoms. The molecule has 0 radical (unpaired) electrons. The summed E-state index contributed by atoms with van der Waals surface area (Å²) in [6.07, 6.45) is -2.76. The Hall–Kier alpha value is -5.70. The van der Waals surface area contributed by atoms with Crippen molar-refractivity contribution in [2.24, 2.45) is 5.10 Å². The number of cyclic esters (lactones) is 1. The van der Waals surface area contributed by atoms with E-state index in [-0.39, 0.29) is 12.1 Å². The van der Waals surface area contributed by atoms with Gasteiger partial charge in [-0.1, -0.05) is 17.7 Å². The number of hydrogen-bond donors (Lipinski definition) is 1. The average molecular weight is 716 g/mol. The lowest BCUT2D eigenvalue weighted by Crippen LogP contribution is -2.38. The van der Waals surface area contributed by atoms with Gasteiger partial charge in [0.05, 0.1) is 44.2 Å². The van der Waals surface area contributed by atoms with Crippen LogP contribution in [0.4, 0.5) is 23.9 Å². The summed E-state index contributed by atoms with van der Waals surface area (Å²) in [4.78, 5) is 31.2. The molecule has 0 bridgehead atoms. The van der Waals surface area contributed by atoms with Crippen LogP contribution < -0.4 is 15.1 Å². The topological polar surface area (TPSA) is 124 Å². The van der Waals surface area contributed by atoms with Crippen molar-refractivity contribution in [3.05, 3.63) is 101 Å². The average Bonchev–Trinajstić information content (AvgIpc) is 3.69. The number of nitrogens with one attached hydrogen (secondary N) is 1. The standard InChI is InChI=1S/C37H36F3N7O5/c1-20-12-25(15-27(13-20)37(38,39)40)32-22(3)47(36(48)52-32)19-31-30(18-42-35(43-31)46-8-10-50-11-9-46)29-16-26(17-41-34(29)49-5)28-7-6-24(14-21(28)2)33-45-44-23(4)51-33/h6-7,12-18,22,32,44H,4,8-11,19H2,1-3,5H3/t22-,32-/m0/s1. The van der Waals surface area contributed by atoms with Gasteiger partial charge in [0.15, 0.2) is 0 Å². The fourth-order valence-electron chi connectivity index (χ4n) is 6.60. The van der Waals surface area contributed by atoms with Gasteiger partial charge in [-0.05, 0) is 74.4 Å². The summed E-state index contributed by atoms with van der Waals surface area (Å²) in [6, 6.07) is 10.8. The van der Waals surface area contributed by atoms with E-state index >= 15 is 0 Å². The zero-order valence-corrected chi connectivity index (χ0v) is 29.0. The molecular weight excluding hydrogens is 679 g/mol. The number of alkyl halides is 3. The number of carbonyl (C=O) groups is 1. The lowest BCUT2D eigenvalue weighted by atomic mass is 9.96. The van der Waals surface area contributed by atoms with E-state index in [1.54, 1.807) is 32.3 Å². The fourth-order valence-corrected chi connectivity index (χ4v) is 6.60. The Morgan fingerprint density at radius 2 is 1.79 bits per heavy atom. The molecule has 0 saturated carbocycles. The van der Waals surface area contributed by atoms with Gasteiger partial charge in [0.25, 0.3) is 0 Å². The van der Waals surface area contributed by atoms with Crippen LogP contribution in [0.15, 0.2) is 72.4 Å². The highest BCUT2D eigenvalue weighted by atomic mass is 19.4. The molecule has 2 atom stereocenters. The lowest BCUT2D eigenvalue weighted by molar-refractivity contribution is -0.137. The molecule has 3 aliphatic rings. The van der Waals surface area contributed by atoms with Gasteiger partial charge in [-0.15, -0.1) is 5.10 Å². The number of carbonyl (C=O) groups excluding carboxylic acids is 1. The van der Waals surface area contributed by atoms with Crippen LogP contribution >= 0.6 is 0 Å². The van der Waals surface area contributed by atoms with Crippen LogP contribution in [0.1, 0.15) is 46.5 Å². The largest absolute Gasteiger partial charge is 0.481 e. The molecule has 0 spiro atoms. The predicted molar refractivity (Wildman–Crippen MR) is 185 cm³/mol. The lowest BCUT2D eigenvalue weighted by Gasteiger charge is -2.28. The van der Waals surface area contributed by atoms with Crippen molar-refractivity contribution >= 4 is 17.9 Å². The van der Waals surface area contributed by atoms with Crippen LogP contribution in [0.25, 0.3) is 22.3 Å². The molecule has 2 aromatic heterocycles. The van der Waals surface area contributed by atoms with Gasteiger partial charge in [-0.2, -0.15) is 13.2 Å². The monoisotopic (exact) mass is 715 g/mol. The van der Waals surface area contributed by atoms with Crippen LogP contribution in [-0.2, 0) is 26.9 Å². The Balaban J connectivity index is 1.26. The number of nitrogens with zero attached hydrogens (tertiary/aromatic N) is 6. The molecule has 0 unspecified atom stereocenters. The molecule has 3 aliphatic heterocycles. The molecule has 0 aliphatic carbocycles. The third-order valence-corrected chi connectivity index (χ3v) is 9.24. The maximum Gasteiger partial charge on any atom is 0.416 e. The Bertz CT molecular complexity index is 2080. The first-order valence-corrected chi connectivity index (χ1v) is 16.6. The van der Waals surface area contributed by atoms with E-state index < -0.39 is 30.0 Å². The maximum absolute atomic E-state index is 13.7. The predicted octanol–water partition coefficient (Wildman–Crippen LogP) is 6.52. The number of aryl methyl sites for hydroxylation is 2. The van der Waals surface area contributed by atoms with Gasteiger partial charge in [0.1, 0.15) is 6.10 Å². The van der Waals surface area contributed by atoms with Crippen LogP contribution in [-0.4, -0.2) is 71.3 Å². The summed E-state index contributed by atoms with van der Waals surface area (Å²) in [5.41, 5.74) is 7.60. The number of hydrazone groups is 1. The van der Waals surface area contributed by atoms with Crippen molar-refractivity contribution in [1.82, 2.24) is 25.3 Å². The number of hydrogen-bond acceptors (Lipinski definition) is 11. The van der Waals surface area contributed by atoms with E-state index in [0.29, 0.717) is 72.3 Å². The molecule has 5 heterocycles. The van der Waals surface area contributed by atoms with Gasteiger partial charge in [-0.3, -0.25) is 4.90 Å². The highest BCUT2D eigenvalue weighted by Gasteiger charge is 2.42. The Morgan fingerprint density at radius 1 is 1.00 bits per heavy atom. The van der Waals surface area contributed by atoms with Crippen LogP contribution in [0.3, 0.4) is 0 Å². The van der Waals surface area contributed by atoms with Gasteiger partial charge in [0.2, 0.25) is 23.6 Å². The zero-order chi connectivity index (χ0) is 36.7. The highest BCUT2D eigenvalue weighted by Crippen LogP contribution is 2.40. The van der Waals surface area contributed by atoms with Crippen LogP contribution in [0.2, 0.25) is 0 Å². The van der Waals surface area contributed by atoms with E-state index in [4.69, 9.17) is 28.9 Å². The second-order valence-electron chi connectivity index (χ2n) is 12.8. The quantitative estimate of drug-likeness (QED) is 0.216. The van der Waals surface area contributed by atoms with E-state index in [0.717, 1.165) is 34.4 Å². The molecule has 7 rings (SSSR count). The minimum atomic E-state index is -4.55. The minimum Gasteiger partial charge on any atom is -0.481 e. The first-order valence-electron chi connectivity index (χ1n) is 16.6. The van der Waals surface area contributed by atoms with Crippen molar-refractivity contribution in [2.75, 3.05) is 38.3 Å². The third-order valence-electron chi connectivity index (χ3n) is 9.24. The second-order valence-corrected chi connectivity index (χ2v) is 12.8. The van der Waals surface area contributed by atoms with Gasteiger partial charge < -0.3 is 23.8 Å². The molecule has 1 N–H and O–H groups in total. The van der Waals surface area contributed by atoms with Gasteiger partial charge >= 0.3 is 12.3 Å².